The van der Waals surface area contributed by atoms with Crippen molar-refractivity contribution in [2.24, 2.45) is 0 Å². The van der Waals surface area contributed by atoms with Gasteiger partial charge in [0, 0.05) is 10.9 Å². The van der Waals surface area contributed by atoms with Crippen molar-refractivity contribution in [2.45, 2.75) is 44.4 Å². The fourth-order valence-electron chi connectivity index (χ4n) is 3.08. The van der Waals surface area contributed by atoms with Crippen LogP contribution in [0.15, 0.2) is 18.2 Å². The molecule has 118 valence electrons. The number of aromatic nitrogens is 1. The van der Waals surface area contributed by atoms with Gasteiger partial charge in [-0.3, -0.25) is 4.79 Å². The minimum Gasteiger partial charge on any atom is -0.390 e. The zero-order valence-electron chi connectivity index (χ0n) is 12.3. The van der Waals surface area contributed by atoms with E-state index >= 15 is 0 Å². The molecular weight excluding hydrogens is 287 g/mol. The average molecular weight is 306 g/mol. The summed E-state index contributed by atoms with van der Waals surface area (Å²) in [6.07, 6.45) is 0.146. The van der Waals surface area contributed by atoms with E-state index in [2.05, 4.69) is 10.3 Å². The molecule has 0 bridgehead atoms. The number of H-pyrrole nitrogens is 1. The second kappa shape index (κ2) is 5.70. The largest absolute Gasteiger partial charge is 0.390 e. The number of nitrogens with one attached hydrogen (secondary N) is 2. The maximum absolute atomic E-state index is 13.3. The predicted octanol–water partition coefficient (Wildman–Crippen LogP) is 1.62. The van der Waals surface area contributed by atoms with Gasteiger partial charge in [0.1, 0.15) is 11.5 Å². The molecule has 1 heterocycles. The predicted molar refractivity (Wildman–Crippen MR) is 80.1 cm³/mol. The Bertz CT molecular complexity index is 713. The quantitative estimate of drug-likeness (QED) is 0.680. The van der Waals surface area contributed by atoms with Gasteiger partial charge >= 0.3 is 0 Å². The monoisotopic (exact) mass is 306 g/mol. The highest BCUT2D eigenvalue weighted by atomic mass is 19.1. The zero-order chi connectivity index (χ0) is 15.9. The standard InChI is InChI=1S/C16H19FN2O3/c1-8-10-7-9(17)5-6-11(10)18-14(8)16(22)19-12-3-2-4-13(20)15(12)21/h5-7,12-13,15,18,20-21H,2-4H2,1H3,(H,19,22)/t12-,13-,15-/m1/s1. The molecular formula is C16H19FN2O3. The molecule has 1 aliphatic carbocycles. The summed E-state index contributed by atoms with van der Waals surface area (Å²) in [7, 11) is 0. The Morgan fingerprint density at radius 1 is 1.36 bits per heavy atom. The summed E-state index contributed by atoms with van der Waals surface area (Å²) < 4.78 is 13.3. The molecule has 22 heavy (non-hydrogen) atoms. The van der Waals surface area contributed by atoms with E-state index in [0.717, 1.165) is 6.42 Å². The maximum atomic E-state index is 13.3. The highest BCUT2D eigenvalue weighted by Crippen LogP contribution is 2.24. The minimum absolute atomic E-state index is 0.354. The highest BCUT2D eigenvalue weighted by molar-refractivity contribution is 6.01. The first-order valence-electron chi connectivity index (χ1n) is 7.42. The molecule has 0 unspecified atom stereocenters. The number of fused-ring (bicyclic) bond motifs is 1. The number of carbonyl (C=O) groups excluding carboxylic acids is 1. The number of hydrogen-bond donors (Lipinski definition) is 4. The lowest BCUT2D eigenvalue weighted by Crippen LogP contribution is -2.51. The zero-order valence-corrected chi connectivity index (χ0v) is 12.3. The Labute approximate surface area is 127 Å². The van der Waals surface area contributed by atoms with Crippen LogP contribution in [0.5, 0.6) is 0 Å². The van der Waals surface area contributed by atoms with Crippen molar-refractivity contribution in [2.75, 3.05) is 0 Å². The normalized spacial score (nSPS) is 25.4. The Balaban J connectivity index is 1.84. The molecule has 1 aromatic heterocycles. The first-order chi connectivity index (χ1) is 10.5. The van der Waals surface area contributed by atoms with Crippen molar-refractivity contribution in [1.82, 2.24) is 10.3 Å². The third kappa shape index (κ3) is 2.60. The van der Waals surface area contributed by atoms with Gasteiger partial charge in [0.2, 0.25) is 0 Å². The lowest BCUT2D eigenvalue weighted by Gasteiger charge is -2.32. The van der Waals surface area contributed by atoms with Gasteiger partial charge in [0.05, 0.1) is 18.2 Å². The summed E-state index contributed by atoms with van der Waals surface area (Å²) >= 11 is 0. The molecule has 1 aromatic carbocycles. The summed E-state index contributed by atoms with van der Waals surface area (Å²) in [5, 5.41) is 23.1. The van der Waals surface area contributed by atoms with Crippen molar-refractivity contribution in [1.29, 1.82) is 0 Å². The van der Waals surface area contributed by atoms with Crippen molar-refractivity contribution < 1.29 is 19.4 Å². The number of aliphatic hydroxyl groups excluding tert-OH is 2. The maximum Gasteiger partial charge on any atom is 0.268 e. The molecule has 0 radical (unpaired) electrons. The van der Waals surface area contributed by atoms with Crippen LogP contribution in [0.1, 0.15) is 35.3 Å². The van der Waals surface area contributed by atoms with E-state index in [0.29, 0.717) is 35.0 Å². The van der Waals surface area contributed by atoms with Crippen LogP contribution in [-0.2, 0) is 0 Å². The Hall–Kier alpha value is -1.92. The molecule has 1 fully saturated rings. The molecule has 1 amide bonds. The van der Waals surface area contributed by atoms with E-state index in [-0.39, 0.29) is 11.7 Å². The lowest BCUT2D eigenvalue weighted by molar-refractivity contribution is -0.0278. The second-order valence-electron chi connectivity index (χ2n) is 5.88. The number of hydrogen-bond acceptors (Lipinski definition) is 3. The Morgan fingerprint density at radius 3 is 2.91 bits per heavy atom. The molecule has 1 aliphatic rings. The summed E-state index contributed by atoms with van der Waals surface area (Å²) in [6, 6.07) is 3.84. The van der Waals surface area contributed by atoms with Crippen LogP contribution in [-0.4, -0.2) is 39.4 Å². The van der Waals surface area contributed by atoms with E-state index in [9.17, 15) is 19.4 Å². The van der Waals surface area contributed by atoms with Crippen LogP contribution >= 0.6 is 0 Å². The number of carbonyl (C=O) groups is 1. The first-order valence-corrected chi connectivity index (χ1v) is 7.42. The third-order valence-corrected chi connectivity index (χ3v) is 4.39. The number of benzene rings is 1. The van der Waals surface area contributed by atoms with E-state index in [1.165, 1.54) is 12.1 Å². The van der Waals surface area contributed by atoms with Gasteiger partial charge in [-0.05, 0) is 49.9 Å². The second-order valence-corrected chi connectivity index (χ2v) is 5.88. The van der Waals surface area contributed by atoms with Crippen LogP contribution in [0.2, 0.25) is 0 Å². The smallest absolute Gasteiger partial charge is 0.268 e. The SMILES string of the molecule is Cc1c(C(=O)N[C@@H]2CCC[C@@H](O)[C@@H]2O)[nH]c2ccc(F)cc12. The minimum atomic E-state index is -0.958. The van der Waals surface area contributed by atoms with Gasteiger partial charge in [0.15, 0.2) is 0 Å². The van der Waals surface area contributed by atoms with Crippen molar-refractivity contribution >= 4 is 16.8 Å². The van der Waals surface area contributed by atoms with Gasteiger partial charge in [-0.25, -0.2) is 4.39 Å². The molecule has 6 heteroatoms. The van der Waals surface area contributed by atoms with Crippen molar-refractivity contribution in [3.8, 4) is 0 Å². The van der Waals surface area contributed by atoms with E-state index in [4.69, 9.17) is 0 Å². The first kappa shape index (κ1) is 15.0. The van der Waals surface area contributed by atoms with Gasteiger partial charge in [0.25, 0.3) is 5.91 Å². The summed E-state index contributed by atoms with van der Waals surface area (Å²) in [5.41, 5.74) is 1.71. The molecule has 0 saturated heterocycles. The summed E-state index contributed by atoms with van der Waals surface area (Å²) in [6.45, 7) is 1.75. The summed E-state index contributed by atoms with van der Waals surface area (Å²) in [4.78, 5) is 15.4. The van der Waals surface area contributed by atoms with E-state index < -0.39 is 18.2 Å². The fourth-order valence-corrected chi connectivity index (χ4v) is 3.08. The van der Waals surface area contributed by atoms with E-state index in [1.54, 1.807) is 13.0 Å². The number of rotatable bonds is 2. The molecule has 2 aromatic rings. The molecule has 3 rings (SSSR count). The number of aliphatic hydroxyl groups is 2. The van der Waals surface area contributed by atoms with Crippen LogP contribution in [0.3, 0.4) is 0 Å². The third-order valence-electron chi connectivity index (χ3n) is 4.39. The lowest BCUT2D eigenvalue weighted by atomic mass is 9.90. The van der Waals surface area contributed by atoms with Crippen molar-refractivity contribution in [3.63, 3.8) is 0 Å². The topological polar surface area (TPSA) is 85.3 Å². The van der Waals surface area contributed by atoms with Crippen LogP contribution < -0.4 is 5.32 Å². The average Bonchev–Trinajstić information content (AvgIpc) is 2.81. The number of halogens is 1. The Morgan fingerprint density at radius 2 is 2.14 bits per heavy atom. The van der Waals surface area contributed by atoms with Crippen LogP contribution in [0, 0.1) is 12.7 Å². The highest BCUT2D eigenvalue weighted by Gasteiger charge is 2.32. The van der Waals surface area contributed by atoms with Crippen molar-refractivity contribution in [3.05, 3.63) is 35.3 Å². The molecule has 0 spiro atoms. The number of amides is 1. The molecule has 5 nitrogen and oxygen atoms in total. The molecule has 1 saturated carbocycles. The van der Waals surface area contributed by atoms with Gasteiger partial charge in [-0.1, -0.05) is 0 Å². The Kier molecular flexibility index (Phi) is 3.88. The van der Waals surface area contributed by atoms with Crippen LogP contribution in [0.4, 0.5) is 4.39 Å². The number of aromatic amines is 1. The summed E-state index contributed by atoms with van der Waals surface area (Å²) in [5.74, 6) is -0.709. The van der Waals surface area contributed by atoms with Crippen LogP contribution in [0.25, 0.3) is 10.9 Å². The van der Waals surface area contributed by atoms with E-state index in [1.807, 2.05) is 0 Å². The van der Waals surface area contributed by atoms with Gasteiger partial charge in [-0.2, -0.15) is 0 Å². The van der Waals surface area contributed by atoms with Gasteiger partial charge < -0.3 is 20.5 Å². The fraction of sp³-hybridized carbons (Fsp3) is 0.438. The van der Waals surface area contributed by atoms with Gasteiger partial charge in [-0.15, -0.1) is 0 Å². The molecule has 0 aliphatic heterocycles. The number of aryl methyl sites for hydroxylation is 1. The molecule has 4 N–H and O–H groups in total. The molecule has 3 atom stereocenters.